The molecule has 148 valence electrons. The lowest BCUT2D eigenvalue weighted by Crippen LogP contribution is -2.32. The Bertz CT molecular complexity index is 1130. The standard InChI is InChI=1S/C20H19ClN6OS/c1-13(29-20-24-25-26-27(20)16-5-3-2-4-6-16)19(28)22-10-9-14-12-23-18-8-7-15(21)11-17(14)18/h2-8,11-13,23H,9-10H2,1H3,(H,22,28). The van der Waals surface area contributed by atoms with Crippen LogP contribution in [-0.4, -0.2) is 42.9 Å². The van der Waals surface area contributed by atoms with Crippen molar-refractivity contribution in [1.29, 1.82) is 0 Å². The minimum Gasteiger partial charge on any atom is -0.361 e. The van der Waals surface area contributed by atoms with Crippen molar-refractivity contribution in [3.8, 4) is 5.69 Å². The number of aromatic nitrogens is 5. The molecule has 0 radical (unpaired) electrons. The monoisotopic (exact) mass is 426 g/mol. The van der Waals surface area contributed by atoms with Gasteiger partial charge in [0.25, 0.3) is 0 Å². The van der Waals surface area contributed by atoms with E-state index in [0.29, 0.717) is 23.1 Å². The van der Waals surface area contributed by atoms with Crippen molar-refractivity contribution in [2.75, 3.05) is 6.54 Å². The Balaban J connectivity index is 1.35. The number of thioether (sulfide) groups is 1. The number of para-hydroxylation sites is 1. The molecule has 0 aliphatic rings. The van der Waals surface area contributed by atoms with Crippen molar-refractivity contribution in [3.63, 3.8) is 0 Å². The highest BCUT2D eigenvalue weighted by molar-refractivity contribution is 8.00. The van der Waals surface area contributed by atoms with Gasteiger partial charge in [-0.2, -0.15) is 4.68 Å². The zero-order chi connectivity index (χ0) is 20.2. The number of hydrogen-bond acceptors (Lipinski definition) is 5. The molecule has 0 aliphatic carbocycles. The van der Waals surface area contributed by atoms with Crippen LogP contribution in [0.2, 0.25) is 5.02 Å². The van der Waals surface area contributed by atoms with E-state index >= 15 is 0 Å². The lowest BCUT2D eigenvalue weighted by atomic mass is 10.1. The number of nitrogens with one attached hydrogen (secondary N) is 2. The lowest BCUT2D eigenvalue weighted by Gasteiger charge is -2.11. The second-order valence-electron chi connectivity index (χ2n) is 6.51. The Labute approximate surface area is 176 Å². The third-order valence-corrected chi connectivity index (χ3v) is 5.78. The number of halogens is 1. The van der Waals surface area contributed by atoms with Gasteiger partial charge in [-0.05, 0) is 59.7 Å². The van der Waals surface area contributed by atoms with Gasteiger partial charge in [0.05, 0.1) is 10.9 Å². The molecule has 2 aromatic heterocycles. The first kappa shape index (κ1) is 19.5. The Morgan fingerprint density at radius 1 is 1.28 bits per heavy atom. The second kappa shape index (κ2) is 8.67. The van der Waals surface area contributed by atoms with Gasteiger partial charge >= 0.3 is 0 Å². The number of rotatable bonds is 7. The number of H-pyrrole nitrogens is 1. The molecule has 1 unspecified atom stereocenters. The molecule has 1 amide bonds. The fourth-order valence-electron chi connectivity index (χ4n) is 3.02. The van der Waals surface area contributed by atoms with Crippen LogP contribution < -0.4 is 5.32 Å². The minimum atomic E-state index is -0.333. The summed E-state index contributed by atoms with van der Waals surface area (Å²) in [7, 11) is 0. The smallest absolute Gasteiger partial charge is 0.233 e. The number of fused-ring (bicyclic) bond motifs is 1. The number of carbonyl (C=O) groups is 1. The van der Waals surface area contributed by atoms with Crippen LogP contribution in [0.25, 0.3) is 16.6 Å². The van der Waals surface area contributed by atoms with Crippen LogP contribution in [0.4, 0.5) is 0 Å². The largest absolute Gasteiger partial charge is 0.361 e. The molecular weight excluding hydrogens is 408 g/mol. The number of tetrazole rings is 1. The SMILES string of the molecule is CC(Sc1nnnn1-c1ccccc1)C(=O)NCCc1c[nH]c2ccc(Cl)cc12. The maximum atomic E-state index is 12.5. The van der Waals surface area contributed by atoms with Crippen LogP contribution in [-0.2, 0) is 11.2 Å². The quantitative estimate of drug-likeness (QED) is 0.440. The maximum Gasteiger partial charge on any atom is 0.233 e. The van der Waals surface area contributed by atoms with Gasteiger partial charge in [-0.25, -0.2) is 0 Å². The second-order valence-corrected chi connectivity index (χ2v) is 8.26. The van der Waals surface area contributed by atoms with Crippen molar-refractivity contribution < 1.29 is 4.79 Å². The fraction of sp³-hybridized carbons (Fsp3) is 0.200. The third kappa shape index (κ3) is 4.44. The first-order valence-electron chi connectivity index (χ1n) is 9.15. The van der Waals surface area contributed by atoms with Gasteiger partial charge in [0.15, 0.2) is 0 Å². The van der Waals surface area contributed by atoms with Crippen molar-refractivity contribution in [2.45, 2.75) is 23.8 Å². The summed E-state index contributed by atoms with van der Waals surface area (Å²) in [5.41, 5.74) is 3.01. The van der Waals surface area contributed by atoms with Gasteiger partial charge in [-0.15, -0.1) is 5.10 Å². The molecule has 0 fully saturated rings. The molecule has 4 rings (SSSR count). The molecule has 0 aliphatic heterocycles. The topological polar surface area (TPSA) is 88.5 Å². The molecule has 4 aromatic rings. The van der Waals surface area contributed by atoms with Crippen LogP contribution in [0.1, 0.15) is 12.5 Å². The Morgan fingerprint density at radius 3 is 2.93 bits per heavy atom. The van der Waals surface area contributed by atoms with Gasteiger partial charge in [-0.1, -0.05) is 41.6 Å². The highest BCUT2D eigenvalue weighted by atomic mass is 35.5. The van der Waals surface area contributed by atoms with Crippen LogP contribution in [0, 0.1) is 0 Å². The Hall–Kier alpha value is -2.84. The van der Waals surface area contributed by atoms with E-state index in [1.54, 1.807) is 4.68 Å². The summed E-state index contributed by atoms with van der Waals surface area (Å²) >= 11 is 7.42. The van der Waals surface area contributed by atoms with Crippen LogP contribution >= 0.6 is 23.4 Å². The van der Waals surface area contributed by atoms with Crippen LogP contribution in [0.3, 0.4) is 0 Å². The fourth-order valence-corrected chi connectivity index (χ4v) is 4.02. The highest BCUT2D eigenvalue weighted by Gasteiger charge is 2.19. The van der Waals surface area contributed by atoms with Crippen LogP contribution in [0.5, 0.6) is 0 Å². The first-order valence-corrected chi connectivity index (χ1v) is 10.4. The van der Waals surface area contributed by atoms with Crippen LogP contribution in [0.15, 0.2) is 59.9 Å². The molecule has 0 spiro atoms. The van der Waals surface area contributed by atoms with E-state index in [0.717, 1.165) is 22.2 Å². The molecule has 2 N–H and O–H groups in total. The van der Waals surface area contributed by atoms with Gasteiger partial charge in [0.2, 0.25) is 11.1 Å². The predicted molar refractivity (Wildman–Crippen MR) is 114 cm³/mol. The molecule has 0 saturated heterocycles. The number of aromatic amines is 1. The van der Waals surface area contributed by atoms with Crippen molar-refractivity contribution in [2.24, 2.45) is 0 Å². The van der Waals surface area contributed by atoms with Gasteiger partial charge in [0.1, 0.15) is 0 Å². The van der Waals surface area contributed by atoms with Crippen molar-refractivity contribution in [1.82, 2.24) is 30.5 Å². The summed E-state index contributed by atoms with van der Waals surface area (Å²) in [6.45, 7) is 2.38. The predicted octanol–water partition coefficient (Wildman–Crippen LogP) is 3.64. The van der Waals surface area contributed by atoms with E-state index in [9.17, 15) is 4.79 Å². The Kier molecular flexibility index (Phi) is 5.82. The molecule has 1 atom stereocenters. The van der Waals surface area contributed by atoms with Crippen molar-refractivity contribution >= 4 is 40.2 Å². The van der Waals surface area contributed by atoms with Crippen molar-refractivity contribution in [3.05, 3.63) is 65.3 Å². The van der Waals surface area contributed by atoms with E-state index in [-0.39, 0.29) is 11.2 Å². The molecule has 0 bridgehead atoms. The summed E-state index contributed by atoms with van der Waals surface area (Å²) in [4.78, 5) is 15.8. The molecular formula is C20H19ClN6OS. The summed E-state index contributed by atoms with van der Waals surface area (Å²) < 4.78 is 1.63. The molecule has 2 heterocycles. The highest BCUT2D eigenvalue weighted by Crippen LogP contribution is 2.24. The summed E-state index contributed by atoms with van der Waals surface area (Å²) in [6, 6.07) is 15.3. The molecule has 0 saturated carbocycles. The van der Waals surface area contributed by atoms with Gasteiger partial charge < -0.3 is 10.3 Å². The third-order valence-electron chi connectivity index (χ3n) is 4.52. The normalized spacial score (nSPS) is 12.2. The number of amides is 1. The first-order chi connectivity index (χ1) is 14.1. The van der Waals surface area contributed by atoms with Gasteiger partial charge in [0, 0.05) is 28.7 Å². The average molecular weight is 427 g/mol. The molecule has 29 heavy (non-hydrogen) atoms. The average Bonchev–Trinajstić information content (AvgIpc) is 3.35. The number of carbonyl (C=O) groups excluding carboxylic acids is 1. The lowest BCUT2D eigenvalue weighted by molar-refractivity contribution is -0.120. The zero-order valence-corrected chi connectivity index (χ0v) is 17.2. The minimum absolute atomic E-state index is 0.0597. The van der Waals surface area contributed by atoms with Gasteiger partial charge in [-0.3, -0.25) is 4.79 Å². The molecule has 9 heteroatoms. The number of hydrogen-bond donors (Lipinski definition) is 2. The molecule has 7 nitrogen and oxygen atoms in total. The van der Waals surface area contributed by atoms with E-state index in [4.69, 9.17) is 11.6 Å². The van der Waals surface area contributed by atoms with E-state index < -0.39 is 0 Å². The summed E-state index contributed by atoms with van der Waals surface area (Å²) in [5.74, 6) is -0.0597. The maximum absolute atomic E-state index is 12.5. The summed E-state index contributed by atoms with van der Waals surface area (Å²) in [6.07, 6.45) is 2.67. The van der Waals surface area contributed by atoms with E-state index in [1.165, 1.54) is 11.8 Å². The molecule has 2 aromatic carbocycles. The number of nitrogens with zero attached hydrogens (tertiary/aromatic N) is 4. The number of benzene rings is 2. The summed E-state index contributed by atoms with van der Waals surface area (Å²) in [5, 5.41) is 16.8. The van der Waals surface area contributed by atoms with E-state index in [1.807, 2.05) is 61.7 Å². The zero-order valence-electron chi connectivity index (χ0n) is 15.7. The Morgan fingerprint density at radius 2 is 2.10 bits per heavy atom. The van der Waals surface area contributed by atoms with E-state index in [2.05, 4.69) is 25.8 Å².